The highest BCUT2D eigenvalue weighted by Gasteiger charge is 2.27. The van der Waals surface area contributed by atoms with Gasteiger partial charge in [-0.1, -0.05) is 11.6 Å². The summed E-state index contributed by atoms with van der Waals surface area (Å²) >= 11 is 5.82. The second-order valence-electron chi connectivity index (χ2n) is 5.81. The number of halogens is 1. The van der Waals surface area contributed by atoms with Crippen LogP contribution >= 0.6 is 11.6 Å². The van der Waals surface area contributed by atoms with Crippen LogP contribution in [-0.4, -0.2) is 67.6 Å². The molecule has 2 heterocycles. The molecule has 5 nitrogen and oxygen atoms in total. The van der Waals surface area contributed by atoms with Crippen molar-refractivity contribution in [1.29, 1.82) is 0 Å². The van der Waals surface area contributed by atoms with Crippen molar-refractivity contribution in [1.82, 2.24) is 15.1 Å². The Bertz CT molecular complexity index is 495. The molecule has 1 aromatic rings. The summed E-state index contributed by atoms with van der Waals surface area (Å²) in [5.41, 5.74) is 0. The lowest BCUT2D eigenvalue weighted by atomic mass is 10.2. The standard InChI is InChI=1S/C16H22ClN3O2/c17-13-1-3-15(4-2-13)22-12-16(21)20-9-7-19(8-10-20)14-5-6-18-11-14/h1-4,14,18H,5-12H2. The molecule has 0 radical (unpaired) electrons. The number of nitrogens with one attached hydrogen (secondary N) is 1. The van der Waals surface area contributed by atoms with Crippen LogP contribution < -0.4 is 10.1 Å². The predicted octanol–water partition coefficient (Wildman–Crippen LogP) is 1.22. The number of hydrogen-bond donors (Lipinski definition) is 1. The van der Waals surface area contributed by atoms with Crippen molar-refractivity contribution < 1.29 is 9.53 Å². The fourth-order valence-electron chi connectivity index (χ4n) is 3.05. The maximum Gasteiger partial charge on any atom is 0.260 e. The first-order chi connectivity index (χ1) is 10.7. The molecule has 0 aromatic heterocycles. The van der Waals surface area contributed by atoms with Crippen molar-refractivity contribution in [2.45, 2.75) is 12.5 Å². The van der Waals surface area contributed by atoms with Gasteiger partial charge in [0.1, 0.15) is 5.75 Å². The van der Waals surface area contributed by atoms with Crippen LogP contribution in [0.15, 0.2) is 24.3 Å². The SMILES string of the molecule is O=C(COc1ccc(Cl)cc1)N1CCN(C2CCNC2)CC1. The molecule has 120 valence electrons. The summed E-state index contributed by atoms with van der Waals surface area (Å²) in [6.45, 7) is 5.77. The molecule has 0 bridgehead atoms. The molecule has 2 aliphatic rings. The number of amides is 1. The maximum absolute atomic E-state index is 12.2. The van der Waals surface area contributed by atoms with Crippen molar-refractivity contribution in [2.24, 2.45) is 0 Å². The molecule has 1 N–H and O–H groups in total. The molecular weight excluding hydrogens is 302 g/mol. The number of carbonyl (C=O) groups excluding carboxylic acids is 1. The molecule has 0 saturated carbocycles. The maximum atomic E-state index is 12.2. The zero-order chi connectivity index (χ0) is 15.4. The van der Waals surface area contributed by atoms with Gasteiger partial charge in [0.25, 0.3) is 5.91 Å². The Hall–Kier alpha value is -1.30. The van der Waals surface area contributed by atoms with Gasteiger partial charge in [-0.3, -0.25) is 9.69 Å². The van der Waals surface area contributed by atoms with Crippen LogP contribution in [0.2, 0.25) is 5.02 Å². The molecule has 1 aromatic carbocycles. The largest absolute Gasteiger partial charge is 0.484 e. The number of piperazine rings is 1. The number of rotatable bonds is 4. The van der Waals surface area contributed by atoms with E-state index in [4.69, 9.17) is 16.3 Å². The van der Waals surface area contributed by atoms with Gasteiger partial charge in [0, 0.05) is 43.8 Å². The third-order valence-corrected chi connectivity index (χ3v) is 4.65. The molecule has 0 spiro atoms. The number of nitrogens with zero attached hydrogens (tertiary/aromatic N) is 2. The minimum Gasteiger partial charge on any atom is -0.484 e. The summed E-state index contributed by atoms with van der Waals surface area (Å²) in [7, 11) is 0. The Labute approximate surface area is 136 Å². The summed E-state index contributed by atoms with van der Waals surface area (Å²) in [5, 5.41) is 4.06. The van der Waals surface area contributed by atoms with Gasteiger partial charge in [-0.05, 0) is 37.2 Å². The van der Waals surface area contributed by atoms with E-state index in [1.807, 2.05) is 4.90 Å². The molecule has 3 rings (SSSR count). The van der Waals surface area contributed by atoms with Crippen molar-refractivity contribution in [3.8, 4) is 5.75 Å². The van der Waals surface area contributed by atoms with E-state index in [0.717, 1.165) is 39.3 Å². The van der Waals surface area contributed by atoms with E-state index >= 15 is 0 Å². The lowest BCUT2D eigenvalue weighted by Gasteiger charge is -2.37. The Morgan fingerprint density at radius 2 is 1.95 bits per heavy atom. The third-order valence-electron chi connectivity index (χ3n) is 4.39. The fraction of sp³-hybridized carbons (Fsp3) is 0.562. The second kappa shape index (κ2) is 7.31. The predicted molar refractivity (Wildman–Crippen MR) is 86.4 cm³/mol. The highest BCUT2D eigenvalue weighted by molar-refractivity contribution is 6.30. The summed E-state index contributed by atoms with van der Waals surface area (Å²) in [5.74, 6) is 0.729. The number of carbonyl (C=O) groups is 1. The van der Waals surface area contributed by atoms with E-state index in [2.05, 4.69) is 10.2 Å². The van der Waals surface area contributed by atoms with Crippen molar-refractivity contribution in [3.05, 3.63) is 29.3 Å². The first-order valence-corrected chi connectivity index (χ1v) is 8.21. The molecule has 22 heavy (non-hydrogen) atoms. The van der Waals surface area contributed by atoms with Gasteiger partial charge in [0.2, 0.25) is 0 Å². The first-order valence-electron chi connectivity index (χ1n) is 7.83. The number of benzene rings is 1. The molecule has 1 atom stereocenters. The Morgan fingerprint density at radius 1 is 1.23 bits per heavy atom. The minimum atomic E-state index is 0.0548. The van der Waals surface area contributed by atoms with E-state index in [1.165, 1.54) is 6.42 Å². The fourth-order valence-corrected chi connectivity index (χ4v) is 3.18. The lowest BCUT2D eigenvalue weighted by molar-refractivity contribution is -0.135. The first kappa shape index (κ1) is 15.6. The monoisotopic (exact) mass is 323 g/mol. The highest BCUT2D eigenvalue weighted by Crippen LogP contribution is 2.16. The average Bonchev–Trinajstić information content (AvgIpc) is 3.09. The molecule has 6 heteroatoms. The van der Waals surface area contributed by atoms with Gasteiger partial charge >= 0.3 is 0 Å². The summed E-state index contributed by atoms with van der Waals surface area (Å²) in [6.07, 6.45) is 1.22. The molecule has 2 aliphatic heterocycles. The highest BCUT2D eigenvalue weighted by atomic mass is 35.5. The van der Waals surface area contributed by atoms with Crippen molar-refractivity contribution >= 4 is 17.5 Å². The molecule has 2 saturated heterocycles. The molecular formula is C16H22ClN3O2. The van der Waals surface area contributed by atoms with Crippen LogP contribution in [0.3, 0.4) is 0 Å². The van der Waals surface area contributed by atoms with E-state index < -0.39 is 0 Å². The minimum absolute atomic E-state index is 0.0548. The van der Waals surface area contributed by atoms with Gasteiger partial charge in [-0.15, -0.1) is 0 Å². The van der Waals surface area contributed by atoms with Gasteiger partial charge < -0.3 is 15.0 Å². The third kappa shape index (κ3) is 3.91. The summed E-state index contributed by atoms with van der Waals surface area (Å²) in [4.78, 5) is 16.6. The Balaban J connectivity index is 1.42. The Kier molecular flexibility index (Phi) is 5.18. The summed E-state index contributed by atoms with van der Waals surface area (Å²) < 4.78 is 5.53. The van der Waals surface area contributed by atoms with E-state index in [1.54, 1.807) is 24.3 Å². The van der Waals surface area contributed by atoms with Gasteiger partial charge in [0.15, 0.2) is 6.61 Å². The van der Waals surface area contributed by atoms with Gasteiger partial charge in [-0.25, -0.2) is 0 Å². The molecule has 1 amide bonds. The number of ether oxygens (including phenoxy) is 1. The topological polar surface area (TPSA) is 44.8 Å². The smallest absolute Gasteiger partial charge is 0.260 e. The molecule has 1 unspecified atom stereocenters. The van der Waals surface area contributed by atoms with Crippen LogP contribution in [0.5, 0.6) is 5.75 Å². The van der Waals surface area contributed by atoms with Crippen LogP contribution in [0, 0.1) is 0 Å². The van der Waals surface area contributed by atoms with Crippen LogP contribution in [0.25, 0.3) is 0 Å². The normalized spacial score (nSPS) is 22.8. The molecule has 2 fully saturated rings. The van der Waals surface area contributed by atoms with Crippen molar-refractivity contribution in [2.75, 3.05) is 45.9 Å². The van der Waals surface area contributed by atoms with Gasteiger partial charge in [0.05, 0.1) is 0 Å². The van der Waals surface area contributed by atoms with Crippen LogP contribution in [0.4, 0.5) is 0 Å². The Morgan fingerprint density at radius 3 is 2.59 bits per heavy atom. The molecule has 0 aliphatic carbocycles. The summed E-state index contributed by atoms with van der Waals surface area (Å²) in [6, 6.07) is 7.72. The van der Waals surface area contributed by atoms with E-state index in [0.29, 0.717) is 16.8 Å². The zero-order valence-corrected chi connectivity index (χ0v) is 13.4. The van der Waals surface area contributed by atoms with Crippen LogP contribution in [0.1, 0.15) is 6.42 Å². The number of hydrogen-bond acceptors (Lipinski definition) is 4. The van der Waals surface area contributed by atoms with E-state index in [9.17, 15) is 4.79 Å². The zero-order valence-electron chi connectivity index (χ0n) is 12.6. The average molecular weight is 324 g/mol. The second-order valence-corrected chi connectivity index (χ2v) is 6.24. The van der Waals surface area contributed by atoms with Crippen molar-refractivity contribution in [3.63, 3.8) is 0 Å². The van der Waals surface area contributed by atoms with E-state index in [-0.39, 0.29) is 12.5 Å². The lowest BCUT2D eigenvalue weighted by Crippen LogP contribution is -2.53. The van der Waals surface area contributed by atoms with Gasteiger partial charge in [-0.2, -0.15) is 0 Å². The van der Waals surface area contributed by atoms with Crippen LogP contribution in [-0.2, 0) is 4.79 Å². The quantitative estimate of drug-likeness (QED) is 0.905.